The summed E-state index contributed by atoms with van der Waals surface area (Å²) >= 11 is 0. The molecule has 4 aromatic rings. The van der Waals surface area contributed by atoms with Crippen LogP contribution in [0.15, 0.2) is 104 Å². The van der Waals surface area contributed by atoms with Crippen LogP contribution in [0, 0.1) is 11.3 Å². The van der Waals surface area contributed by atoms with Gasteiger partial charge in [0, 0.05) is 49.3 Å². The lowest BCUT2D eigenvalue weighted by atomic mass is 10.0. The number of hydrogen-bond acceptors (Lipinski definition) is 17. The third kappa shape index (κ3) is 14.7. The minimum Gasteiger partial charge on any atom is -0.493 e. The van der Waals surface area contributed by atoms with E-state index in [4.69, 9.17) is 37.9 Å². The number of alkyl carbamates (subject to hydrolysis) is 1. The molecular weight excluding hydrogens is 1170 g/mol. The van der Waals surface area contributed by atoms with E-state index in [1.54, 1.807) is 60.0 Å². The lowest BCUT2D eigenvalue weighted by molar-refractivity contribution is -0.128. The summed E-state index contributed by atoms with van der Waals surface area (Å²) in [5.74, 6) is -0.942. The highest BCUT2D eigenvalue weighted by Gasteiger charge is 2.58. The van der Waals surface area contributed by atoms with Gasteiger partial charge in [-0.25, -0.2) is 19.3 Å². The highest BCUT2D eigenvalue weighted by Crippen LogP contribution is 2.57. The quantitative estimate of drug-likeness (QED) is 0.0291. The second kappa shape index (κ2) is 28.7. The fourth-order valence-electron chi connectivity index (χ4n) is 12.1. The first kappa shape index (κ1) is 64.7. The van der Waals surface area contributed by atoms with Crippen molar-refractivity contribution in [3.63, 3.8) is 0 Å². The molecule has 5 aliphatic heterocycles. The summed E-state index contributed by atoms with van der Waals surface area (Å²) in [4.78, 5) is 104. The molecule has 2 saturated heterocycles. The van der Waals surface area contributed by atoms with Crippen molar-refractivity contribution in [3.05, 3.63) is 127 Å². The van der Waals surface area contributed by atoms with Gasteiger partial charge in [-0.3, -0.25) is 24.1 Å². The molecular formula is C67H80N8O16. The summed E-state index contributed by atoms with van der Waals surface area (Å²) in [5, 5.41) is 20.0. The van der Waals surface area contributed by atoms with Crippen LogP contribution in [0.5, 0.6) is 23.0 Å². The second-order valence-electron chi connectivity index (χ2n) is 23.9. The number of methoxy groups -OCH3 is 2. The molecule has 1 unspecified atom stereocenters. The van der Waals surface area contributed by atoms with Crippen LogP contribution in [0.4, 0.5) is 37.1 Å². The molecule has 1 saturated carbocycles. The van der Waals surface area contributed by atoms with Gasteiger partial charge in [0.2, 0.25) is 11.8 Å². The number of ether oxygens (including phenoxy) is 8. The summed E-state index contributed by atoms with van der Waals surface area (Å²) < 4.78 is 46.1. The molecule has 24 nitrogen and oxygen atoms in total. The van der Waals surface area contributed by atoms with E-state index < -0.39 is 54.4 Å². The number of unbranched alkanes of at least 4 members (excludes halogenated alkanes) is 2. The first-order chi connectivity index (χ1) is 43.9. The fourth-order valence-corrected chi connectivity index (χ4v) is 12.1. The lowest BCUT2D eigenvalue weighted by Crippen LogP contribution is -2.53. The number of carbonyl (C=O) groups excluding carboxylic acids is 7. The molecule has 3 fully saturated rings. The molecule has 6 aliphatic rings. The van der Waals surface area contributed by atoms with Crippen molar-refractivity contribution in [1.82, 2.24) is 20.4 Å². The molecule has 484 valence electrons. The number of morpholine rings is 1. The maximum absolute atomic E-state index is 14.5. The Morgan fingerprint density at radius 1 is 0.747 bits per heavy atom. The third-order valence-electron chi connectivity index (χ3n) is 17.3. The molecule has 5 atom stereocenters. The number of amides is 7. The standard InChI is InChI=1S/C67H80N8O16/c1-8-25-89-64(81)70-58(41(3)4)60(77)68-42(5)59(76)69-46-17-13-43(14-18-46)39-91-66(83)75-52-35-57(55(85-7)33-50(52)62(79)74-40-67(21-22-67)36-53(74)63(75)80)88-28-12-10-11-27-87-56-34-51-49(32-54(56)84-6)61(78)72-37-45(31-48(72)38-73(51)65(82)90-26-9-2)44-15-19-47(20-16-44)71-23-29-86-30-24-71/h8-9,13-20,32-35,37,41-42,48,53,58,63,80H,1-2,10-12,21-31,36,38-40H2,3-7H3,(H,68,77)(H,69,76)(H,70,81)/t42-,48-,53-,58-,63?/m0/s1. The lowest BCUT2D eigenvalue weighted by Gasteiger charge is -2.31. The molecule has 0 radical (unpaired) electrons. The van der Waals surface area contributed by atoms with Crippen LogP contribution in [-0.2, 0) is 35.1 Å². The Morgan fingerprint density at radius 2 is 1.38 bits per heavy atom. The zero-order chi connectivity index (χ0) is 64.5. The minimum absolute atomic E-state index is 0.0261. The van der Waals surface area contributed by atoms with Gasteiger partial charge in [-0.05, 0) is 116 Å². The van der Waals surface area contributed by atoms with E-state index >= 15 is 0 Å². The van der Waals surface area contributed by atoms with Gasteiger partial charge in [-0.15, -0.1) is 0 Å². The van der Waals surface area contributed by atoms with Gasteiger partial charge in [-0.1, -0.05) is 63.4 Å². The zero-order valence-corrected chi connectivity index (χ0v) is 52.1. The number of aliphatic hydroxyl groups excluding tert-OH is 1. The van der Waals surface area contributed by atoms with Crippen molar-refractivity contribution in [1.29, 1.82) is 0 Å². The van der Waals surface area contributed by atoms with Crippen molar-refractivity contribution >= 4 is 70.2 Å². The molecule has 0 bridgehead atoms. The predicted molar refractivity (Wildman–Crippen MR) is 338 cm³/mol. The van der Waals surface area contributed by atoms with Gasteiger partial charge in [0.15, 0.2) is 29.2 Å². The van der Waals surface area contributed by atoms with E-state index in [9.17, 15) is 38.7 Å². The van der Waals surface area contributed by atoms with Crippen molar-refractivity contribution in [2.45, 2.75) is 103 Å². The van der Waals surface area contributed by atoms with Crippen molar-refractivity contribution < 1.29 is 76.6 Å². The Balaban J connectivity index is 0.767. The van der Waals surface area contributed by atoms with Gasteiger partial charge < -0.3 is 73.7 Å². The number of anilines is 4. The smallest absolute Gasteiger partial charge is 0.416 e. The van der Waals surface area contributed by atoms with Crippen LogP contribution in [0.1, 0.15) is 97.6 Å². The summed E-state index contributed by atoms with van der Waals surface area (Å²) in [7, 11) is 2.94. The molecule has 10 rings (SSSR count). The molecule has 5 heterocycles. The normalized spacial score (nSPS) is 19.3. The summed E-state index contributed by atoms with van der Waals surface area (Å²) in [6, 6.07) is 18.1. The van der Waals surface area contributed by atoms with Crippen LogP contribution < -0.4 is 49.6 Å². The van der Waals surface area contributed by atoms with Gasteiger partial charge >= 0.3 is 18.3 Å². The highest BCUT2D eigenvalue weighted by molar-refractivity contribution is 6.08. The van der Waals surface area contributed by atoms with Crippen molar-refractivity contribution in [2.24, 2.45) is 11.3 Å². The van der Waals surface area contributed by atoms with Crippen LogP contribution in [0.25, 0.3) is 5.57 Å². The number of nitrogens with zero attached hydrogens (tertiary/aromatic N) is 5. The summed E-state index contributed by atoms with van der Waals surface area (Å²) in [6.07, 6.45) is 5.51. The molecule has 1 spiro atoms. The Bertz CT molecular complexity index is 3420. The van der Waals surface area contributed by atoms with Gasteiger partial charge in [-0.2, -0.15) is 0 Å². The number of nitrogens with one attached hydrogen (secondary N) is 3. The molecule has 4 N–H and O–H groups in total. The minimum atomic E-state index is -1.47. The predicted octanol–water partition coefficient (Wildman–Crippen LogP) is 8.42. The van der Waals surface area contributed by atoms with Crippen LogP contribution >= 0.6 is 0 Å². The van der Waals surface area contributed by atoms with Gasteiger partial charge in [0.05, 0.1) is 81.8 Å². The van der Waals surface area contributed by atoms with E-state index in [0.29, 0.717) is 80.3 Å². The fraction of sp³-hybridized carbons (Fsp3) is 0.448. The Morgan fingerprint density at radius 3 is 2.01 bits per heavy atom. The second-order valence-corrected chi connectivity index (χ2v) is 23.9. The molecule has 24 heteroatoms. The van der Waals surface area contributed by atoms with Crippen molar-refractivity contribution in [3.8, 4) is 23.0 Å². The first-order valence-electron chi connectivity index (χ1n) is 30.8. The average Bonchev–Trinajstić information content (AvgIpc) is 1.58. The van der Waals surface area contributed by atoms with E-state index in [1.165, 1.54) is 50.3 Å². The highest BCUT2D eigenvalue weighted by atomic mass is 16.6. The van der Waals surface area contributed by atoms with E-state index in [1.807, 2.05) is 6.20 Å². The van der Waals surface area contributed by atoms with E-state index in [-0.39, 0.29) is 97.1 Å². The van der Waals surface area contributed by atoms with Crippen LogP contribution in [0.2, 0.25) is 0 Å². The van der Waals surface area contributed by atoms with E-state index in [0.717, 1.165) is 47.7 Å². The van der Waals surface area contributed by atoms with Crippen LogP contribution in [0.3, 0.4) is 0 Å². The third-order valence-corrected chi connectivity index (χ3v) is 17.3. The number of benzene rings is 4. The topological polar surface area (TPSA) is 266 Å². The SMILES string of the molecule is C=CCOC(=O)N[C@H](C(=O)N[C@@H](C)C(=O)Nc1ccc(COC(=O)N2c3cc(OCCCCCOc4cc5c(cc4OC)C(=O)N4C=C(c6ccc(N7CCOCC7)cc6)C[C@H]4CN5C(=O)OCC=C)c(OC)cc3C(=O)N3CC4(CC4)C[C@H]3C2O)cc1)C(C)C. The maximum Gasteiger partial charge on any atom is 0.416 e. The number of hydrogen-bond donors (Lipinski definition) is 4. The number of carbonyl (C=O) groups is 7. The number of rotatable bonds is 24. The molecule has 0 aromatic heterocycles. The average molecular weight is 1250 g/mol. The Kier molecular flexibility index (Phi) is 20.4. The molecule has 91 heavy (non-hydrogen) atoms. The Hall–Kier alpha value is -9.29. The van der Waals surface area contributed by atoms with Gasteiger partial charge in [0.25, 0.3) is 11.8 Å². The number of aliphatic hydroxyl groups is 1. The molecule has 7 amide bonds. The summed E-state index contributed by atoms with van der Waals surface area (Å²) in [6.45, 7) is 15.9. The largest absolute Gasteiger partial charge is 0.493 e. The molecule has 4 aromatic carbocycles. The number of fused-ring (bicyclic) bond motifs is 4. The van der Waals surface area contributed by atoms with Crippen molar-refractivity contribution in [2.75, 3.05) is 100 Å². The summed E-state index contributed by atoms with van der Waals surface area (Å²) in [5.41, 5.74) is 4.67. The Labute approximate surface area is 528 Å². The maximum atomic E-state index is 14.5. The first-order valence-corrected chi connectivity index (χ1v) is 30.8. The monoisotopic (exact) mass is 1250 g/mol. The zero-order valence-electron chi connectivity index (χ0n) is 52.1. The van der Waals surface area contributed by atoms with Gasteiger partial charge in [0.1, 0.15) is 31.9 Å². The van der Waals surface area contributed by atoms with E-state index in [2.05, 4.69) is 58.3 Å². The molecule has 1 aliphatic carbocycles. The van der Waals surface area contributed by atoms with Crippen LogP contribution in [-0.4, -0.2) is 167 Å².